The Morgan fingerprint density at radius 1 is 1.56 bits per heavy atom. The predicted molar refractivity (Wildman–Crippen MR) is 59.6 cm³/mol. The molecule has 0 atom stereocenters. The van der Waals surface area contributed by atoms with Gasteiger partial charge in [-0.25, -0.2) is 18.8 Å². The number of hydrogen-bond donors (Lipinski definition) is 0. The van der Waals surface area contributed by atoms with E-state index in [1.54, 1.807) is 6.92 Å². The molecule has 7 heteroatoms. The van der Waals surface area contributed by atoms with Gasteiger partial charge in [0, 0.05) is 18.8 Å². The maximum atomic E-state index is 12.0. The highest BCUT2D eigenvalue weighted by Gasteiger charge is 2.14. The minimum atomic E-state index is -2.56. The van der Waals surface area contributed by atoms with E-state index in [2.05, 4.69) is 4.98 Å². The Morgan fingerprint density at radius 3 is 2.72 bits per heavy atom. The summed E-state index contributed by atoms with van der Waals surface area (Å²) in [5.41, 5.74) is 0.798. The van der Waals surface area contributed by atoms with Crippen molar-refractivity contribution in [3.05, 3.63) is 23.4 Å². The molecule has 0 saturated heterocycles. The highest BCUT2D eigenvalue weighted by Crippen LogP contribution is 2.17. The maximum Gasteiger partial charge on any atom is 0.278 e. The van der Waals surface area contributed by atoms with Crippen LogP contribution in [0.4, 0.5) is 8.78 Å². The Kier molecular flexibility index (Phi) is 4.96. The average molecular weight is 260 g/mol. The first kappa shape index (κ1) is 14.3. The fourth-order valence-electron chi connectivity index (χ4n) is 1.24. The second-order valence-electron chi connectivity index (χ2n) is 3.53. The quantitative estimate of drug-likeness (QED) is 0.756. The lowest BCUT2D eigenvalue weighted by Crippen LogP contribution is -2.25. The molecule has 1 heterocycles. The van der Waals surface area contributed by atoms with Gasteiger partial charge in [0.05, 0.1) is 12.7 Å². The largest absolute Gasteiger partial charge is 0.471 e. The van der Waals surface area contributed by atoms with Gasteiger partial charge in [0.25, 0.3) is 12.3 Å². The third kappa shape index (κ3) is 3.63. The van der Waals surface area contributed by atoms with Crippen LogP contribution in [0.3, 0.4) is 0 Å². The first-order valence-electron chi connectivity index (χ1n) is 5.15. The molecule has 0 saturated carbocycles. The molecule has 1 amide bonds. The van der Waals surface area contributed by atoms with E-state index < -0.39 is 13.0 Å². The number of amides is 1. The summed E-state index contributed by atoms with van der Waals surface area (Å²) in [6.07, 6.45) is -1.31. The number of rotatable bonds is 5. The second-order valence-corrected chi connectivity index (χ2v) is 3.53. The number of hydrogen-bond acceptors (Lipinski definition) is 4. The Hall–Kier alpha value is -1.76. The molecule has 0 aliphatic rings. The second kappa shape index (κ2) is 6.25. The van der Waals surface area contributed by atoms with Crippen molar-refractivity contribution in [2.45, 2.75) is 13.3 Å². The summed E-state index contributed by atoms with van der Waals surface area (Å²) < 4.78 is 28.8. The van der Waals surface area contributed by atoms with Crippen molar-refractivity contribution in [2.24, 2.45) is 0 Å². The summed E-state index contributed by atoms with van der Waals surface area (Å²) in [4.78, 5) is 20.3. The normalized spacial score (nSPS) is 10.6. The highest BCUT2D eigenvalue weighted by atomic mass is 19.3. The number of hydroxylamine groups is 2. The molecule has 1 aromatic heterocycles. The maximum absolute atomic E-state index is 12.0. The molecule has 0 aliphatic carbocycles. The van der Waals surface area contributed by atoms with Gasteiger partial charge in [-0.1, -0.05) is 0 Å². The van der Waals surface area contributed by atoms with E-state index in [4.69, 9.17) is 9.57 Å². The van der Waals surface area contributed by atoms with Crippen molar-refractivity contribution >= 4 is 5.91 Å². The first-order valence-corrected chi connectivity index (χ1v) is 5.15. The van der Waals surface area contributed by atoms with Gasteiger partial charge in [0.1, 0.15) is 0 Å². The third-order valence-electron chi connectivity index (χ3n) is 2.18. The Morgan fingerprint density at radius 2 is 2.22 bits per heavy atom. The molecule has 1 rings (SSSR count). The molecule has 0 aliphatic heterocycles. The van der Waals surface area contributed by atoms with Gasteiger partial charge < -0.3 is 4.74 Å². The fraction of sp³-hybridized carbons (Fsp3) is 0.455. The molecule has 0 radical (unpaired) electrons. The van der Waals surface area contributed by atoms with Crippen LogP contribution in [-0.2, 0) is 4.84 Å². The molecule has 18 heavy (non-hydrogen) atoms. The minimum Gasteiger partial charge on any atom is -0.471 e. The summed E-state index contributed by atoms with van der Waals surface area (Å²) in [6.45, 7) is 0.899. The van der Waals surface area contributed by atoms with Crippen LogP contribution in [0.1, 0.15) is 15.9 Å². The smallest absolute Gasteiger partial charge is 0.278 e. The van der Waals surface area contributed by atoms with Gasteiger partial charge in [-0.05, 0) is 13.0 Å². The van der Waals surface area contributed by atoms with Crippen molar-refractivity contribution in [1.82, 2.24) is 10.0 Å². The van der Waals surface area contributed by atoms with Crippen molar-refractivity contribution < 1.29 is 23.1 Å². The van der Waals surface area contributed by atoms with Crippen LogP contribution >= 0.6 is 0 Å². The zero-order valence-electron chi connectivity index (χ0n) is 10.3. The number of aryl methyl sites for hydroxylation is 1. The molecular weight excluding hydrogens is 246 g/mol. The average Bonchev–Trinajstić information content (AvgIpc) is 2.35. The van der Waals surface area contributed by atoms with Crippen LogP contribution in [0.2, 0.25) is 0 Å². The van der Waals surface area contributed by atoms with Crippen LogP contribution in [0, 0.1) is 6.92 Å². The zero-order valence-corrected chi connectivity index (χ0v) is 10.3. The number of carbonyl (C=O) groups excluding carboxylic acids is 1. The third-order valence-corrected chi connectivity index (χ3v) is 2.18. The Bertz CT molecular complexity index is 427. The molecule has 0 N–H and O–H groups in total. The van der Waals surface area contributed by atoms with Crippen LogP contribution in [-0.4, -0.2) is 43.1 Å². The molecular formula is C11H14F2N2O3. The van der Waals surface area contributed by atoms with E-state index in [1.807, 2.05) is 0 Å². The van der Waals surface area contributed by atoms with E-state index >= 15 is 0 Å². The zero-order chi connectivity index (χ0) is 13.7. The van der Waals surface area contributed by atoms with Crippen molar-refractivity contribution in [3.8, 4) is 5.88 Å². The number of nitrogens with zero attached hydrogens (tertiary/aromatic N) is 2. The lowest BCUT2D eigenvalue weighted by atomic mass is 10.2. The molecule has 0 fully saturated rings. The van der Waals surface area contributed by atoms with E-state index in [0.717, 1.165) is 5.06 Å². The molecule has 0 bridgehead atoms. The summed E-state index contributed by atoms with van der Waals surface area (Å²) >= 11 is 0. The summed E-state index contributed by atoms with van der Waals surface area (Å²) in [6, 6.07) is 1.51. The van der Waals surface area contributed by atoms with Gasteiger partial charge >= 0.3 is 0 Å². The summed E-state index contributed by atoms with van der Waals surface area (Å²) in [5, 5.41) is 1.04. The van der Waals surface area contributed by atoms with E-state index in [1.165, 1.54) is 26.4 Å². The molecule has 100 valence electrons. The topological polar surface area (TPSA) is 51.7 Å². The van der Waals surface area contributed by atoms with Gasteiger partial charge in [0.15, 0.2) is 6.61 Å². The molecule has 1 aromatic rings. The number of alkyl halides is 2. The van der Waals surface area contributed by atoms with Crippen molar-refractivity contribution in [2.75, 3.05) is 20.8 Å². The van der Waals surface area contributed by atoms with E-state index in [9.17, 15) is 13.6 Å². The standard InChI is InChI=1S/C11H14F2N2O3/c1-7-4-8(11(16)15(2)17-3)5-14-10(7)18-6-9(12)13/h4-5,9H,6H2,1-3H3. The molecule has 0 aromatic carbocycles. The van der Waals surface area contributed by atoms with Crippen LogP contribution in [0.15, 0.2) is 12.3 Å². The molecule has 5 nitrogen and oxygen atoms in total. The summed E-state index contributed by atoms with van der Waals surface area (Å²) in [5.74, 6) is -0.291. The minimum absolute atomic E-state index is 0.0897. The van der Waals surface area contributed by atoms with Crippen molar-refractivity contribution in [3.63, 3.8) is 0 Å². The summed E-state index contributed by atoms with van der Waals surface area (Å²) in [7, 11) is 2.82. The predicted octanol–water partition coefficient (Wildman–Crippen LogP) is 1.67. The van der Waals surface area contributed by atoms with Gasteiger partial charge in [-0.2, -0.15) is 0 Å². The molecule has 0 unspecified atom stereocenters. The van der Waals surface area contributed by atoms with E-state index in [0.29, 0.717) is 11.1 Å². The van der Waals surface area contributed by atoms with E-state index in [-0.39, 0.29) is 11.8 Å². The number of halogens is 2. The molecule has 0 spiro atoms. The van der Waals surface area contributed by atoms with Crippen molar-refractivity contribution in [1.29, 1.82) is 0 Å². The SMILES string of the molecule is CON(C)C(=O)c1cnc(OCC(F)F)c(C)c1. The lowest BCUT2D eigenvalue weighted by Gasteiger charge is -2.14. The Balaban J connectivity index is 2.82. The number of pyridine rings is 1. The first-order chi connectivity index (χ1) is 8.45. The van der Waals surface area contributed by atoms with Crippen LogP contribution < -0.4 is 4.74 Å². The van der Waals surface area contributed by atoms with Crippen LogP contribution in [0.25, 0.3) is 0 Å². The number of ether oxygens (including phenoxy) is 1. The Labute approximate surface area is 103 Å². The number of carbonyl (C=O) groups is 1. The lowest BCUT2D eigenvalue weighted by molar-refractivity contribution is -0.0757. The monoisotopic (exact) mass is 260 g/mol. The van der Waals surface area contributed by atoms with Gasteiger partial charge in [-0.3, -0.25) is 9.63 Å². The fourth-order valence-corrected chi connectivity index (χ4v) is 1.24. The van der Waals surface area contributed by atoms with Gasteiger partial charge in [-0.15, -0.1) is 0 Å². The van der Waals surface area contributed by atoms with Gasteiger partial charge in [0.2, 0.25) is 5.88 Å². The van der Waals surface area contributed by atoms with Crippen LogP contribution in [0.5, 0.6) is 5.88 Å². The number of aromatic nitrogens is 1. The highest BCUT2D eigenvalue weighted by molar-refractivity contribution is 5.93.